The molecule has 106 valence electrons. The highest BCUT2D eigenvalue weighted by atomic mass is 79.9. The average Bonchev–Trinajstić information content (AvgIpc) is 2.43. The van der Waals surface area contributed by atoms with Gasteiger partial charge in [-0.2, -0.15) is 0 Å². The SMILES string of the molecule is CNC(c1cc(Cl)cnc1N)c1ccc(F)c(F)c1Br. The topological polar surface area (TPSA) is 50.9 Å². The number of benzene rings is 1. The van der Waals surface area contributed by atoms with Crippen LogP contribution in [0.5, 0.6) is 0 Å². The third-order valence-corrected chi connectivity index (χ3v) is 3.90. The number of nitrogens with zero attached hydrogens (tertiary/aromatic N) is 1. The molecule has 1 heterocycles. The van der Waals surface area contributed by atoms with Gasteiger partial charge in [0.2, 0.25) is 0 Å². The number of rotatable bonds is 3. The maximum absolute atomic E-state index is 13.7. The van der Waals surface area contributed by atoms with E-state index in [1.54, 1.807) is 13.1 Å². The fourth-order valence-corrected chi connectivity index (χ4v) is 2.66. The van der Waals surface area contributed by atoms with Crippen LogP contribution in [0, 0.1) is 11.6 Å². The van der Waals surface area contributed by atoms with E-state index >= 15 is 0 Å². The van der Waals surface area contributed by atoms with Crippen molar-refractivity contribution >= 4 is 33.3 Å². The van der Waals surface area contributed by atoms with Crippen LogP contribution in [0.2, 0.25) is 5.02 Å². The average molecular weight is 363 g/mol. The molecule has 1 atom stereocenters. The molecule has 0 radical (unpaired) electrons. The smallest absolute Gasteiger partial charge is 0.173 e. The van der Waals surface area contributed by atoms with Crippen LogP contribution in [0.15, 0.2) is 28.9 Å². The van der Waals surface area contributed by atoms with Crippen LogP contribution >= 0.6 is 27.5 Å². The van der Waals surface area contributed by atoms with Gasteiger partial charge in [-0.3, -0.25) is 0 Å². The second kappa shape index (κ2) is 6.03. The summed E-state index contributed by atoms with van der Waals surface area (Å²) in [5, 5.41) is 3.40. The van der Waals surface area contributed by atoms with Gasteiger partial charge in [-0.25, -0.2) is 13.8 Å². The summed E-state index contributed by atoms with van der Waals surface area (Å²) in [6, 6.07) is 3.71. The Labute approximate surface area is 128 Å². The summed E-state index contributed by atoms with van der Waals surface area (Å²) in [6.07, 6.45) is 1.42. The maximum Gasteiger partial charge on any atom is 0.173 e. The number of pyridine rings is 1. The van der Waals surface area contributed by atoms with E-state index in [9.17, 15) is 8.78 Å². The first-order valence-corrected chi connectivity index (χ1v) is 6.84. The highest BCUT2D eigenvalue weighted by molar-refractivity contribution is 9.10. The summed E-state index contributed by atoms with van der Waals surface area (Å²) >= 11 is 8.97. The second-order valence-electron chi connectivity index (χ2n) is 4.11. The van der Waals surface area contributed by atoms with E-state index in [0.717, 1.165) is 6.07 Å². The van der Waals surface area contributed by atoms with Gasteiger partial charge in [0, 0.05) is 11.8 Å². The van der Waals surface area contributed by atoms with Gasteiger partial charge < -0.3 is 11.1 Å². The molecular weight excluding hydrogens is 352 g/mol. The molecule has 0 amide bonds. The van der Waals surface area contributed by atoms with E-state index in [2.05, 4.69) is 26.2 Å². The van der Waals surface area contributed by atoms with Gasteiger partial charge in [-0.05, 0) is 40.7 Å². The van der Waals surface area contributed by atoms with Crippen molar-refractivity contribution in [2.24, 2.45) is 0 Å². The van der Waals surface area contributed by atoms with Crippen molar-refractivity contribution in [2.45, 2.75) is 6.04 Å². The Morgan fingerprint density at radius 3 is 2.70 bits per heavy atom. The Balaban J connectivity index is 2.58. The number of hydrogen-bond acceptors (Lipinski definition) is 3. The third kappa shape index (κ3) is 2.77. The molecule has 3 N–H and O–H groups in total. The summed E-state index contributed by atoms with van der Waals surface area (Å²) < 4.78 is 26.9. The highest BCUT2D eigenvalue weighted by Gasteiger charge is 2.21. The van der Waals surface area contributed by atoms with Crippen LogP contribution in [-0.2, 0) is 0 Å². The number of nitrogens with one attached hydrogen (secondary N) is 1. The minimum Gasteiger partial charge on any atom is -0.383 e. The second-order valence-corrected chi connectivity index (χ2v) is 5.34. The van der Waals surface area contributed by atoms with E-state index < -0.39 is 17.7 Å². The van der Waals surface area contributed by atoms with E-state index in [1.807, 2.05) is 0 Å². The number of halogens is 4. The van der Waals surface area contributed by atoms with Crippen molar-refractivity contribution in [1.29, 1.82) is 0 Å². The predicted octanol–water partition coefficient (Wildman–Crippen LogP) is 3.67. The minimum absolute atomic E-state index is 0.0382. The van der Waals surface area contributed by atoms with Crippen molar-refractivity contribution < 1.29 is 8.78 Å². The molecule has 0 fully saturated rings. The lowest BCUT2D eigenvalue weighted by Crippen LogP contribution is -2.20. The first-order chi connectivity index (χ1) is 9.45. The molecule has 1 aromatic heterocycles. The van der Waals surface area contributed by atoms with Gasteiger partial charge >= 0.3 is 0 Å². The van der Waals surface area contributed by atoms with E-state index in [1.165, 1.54) is 12.3 Å². The molecule has 0 bridgehead atoms. The van der Waals surface area contributed by atoms with Crippen molar-refractivity contribution in [3.63, 3.8) is 0 Å². The lowest BCUT2D eigenvalue weighted by Gasteiger charge is -2.20. The van der Waals surface area contributed by atoms with Crippen LogP contribution in [0.1, 0.15) is 17.2 Å². The first-order valence-electron chi connectivity index (χ1n) is 5.67. The molecular formula is C13H11BrClF2N3. The van der Waals surface area contributed by atoms with Crippen molar-refractivity contribution in [3.8, 4) is 0 Å². The summed E-state index contributed by atoms with van der Waals surface area (Å²) in [5.74, 6) is -1.60. The van der Waals surface area contributed by atoms with Gasteiger partial charge in [0.05, 0.1) is 15.5 Å². The zero-order valence-corrected chi connectivity index (χ0v) is 12.8. The van der Waals surface area contributed by atoms with E-state index in [-0.39, 0.29) is 10.3 Å². The Morgan fingerprint density at radius 2 is 2.05 bits per heavy atom. The van der Waals surface area contributed by atoms with Crippen molar-refractivity contribution in [3.05, 3.63) is 56.7 Å². The molecule has 0 aliphatic carbocycles. The Bertz CT molecular complexity index is 652. The van der Waals surface area contributed by atoms with E-state index in [4.69, 9.17) is 17.3 Å². The number of nitrogens with two attached hydrogens (primary N) is 1. The molecule has 7 heteroatoms. The zero-order chi connectivity index (χ0) is 14.9. The lowest BCUT2D eigenvalue weighted by molar-refractivity contribution is 0.499. The molecule has 1 unspecified atom stereocenters. The largest absolute Gasteiger partial charge is 0.383 e. The summed E-state index contributed by atoms with van der Waals surface area (Å²) in [6.45, 7) is 0. The summed E-state index contributed by atoms with van der Waals surface area (Å²) in [4.78, 5) is 3.97. The number of anilines is 1. The van der Waals surface area contributed by atoms with Gasteiger partial charge in [0.1, 0.15) is 5.82 Å². The normalized spacial score (nSPS) is 12.4. The van der Waals surface area contributed by atoms with Crippen molar-refractivity contribution in [1.82, 2.24) is 10.3 Å². The molecule has 1 aromatic carbocycles. The Morgan fingerprint density at radius 1 is 1.35 bits per heavy atom. The standard InChI is InChI=1S/C13H11BrClF2N3/c1-19-12(8-4-6(15)5-20-13(8)18)7-2-3-9(16)11(17)10(7)14/h2-5,12,19H,1H3,(H2,18,20). The van der Waals surface area contributed by atoms with Crippen LogP contribution < -0.4 is 11.1 Å². The Hall–Kier alpha value is -1.24. The fourth-order valence-electron chi connectivity index (χ4n) is 1.94. The molecule has 0 saturated heterocycles. The number of hydrogen-bond donors (Lipinski definition) is 2. The maximum atomic E-state index is 13.7. The number of aromatic nitrogens is 1. The van der Waals surface area contributed by atoms with Gasteiger partial charge in [-0.15, -0.1) is 0 Å². The minimum atomic E-state index is -0.948. The third-order valence-electron chi connectivity index (χ3n) is 2.89. The zero-order valence-electron chi connectivity index (χ0n) is 10.4. The quantitative estimate of drug-likeness (QED) is 0.819. The molecule has 2 aromatic rings. The molecule has 0 aliphatic heterocycles. The van der Waals surface area contributed by atoms with E-state index in [0.29, 0.717) is 16.1 Å². The molecule has 0 spiro atoms. The molecule has 0 aliphatic rings. The monoisotopic (exact) mass is 361 g/mol. The van der Waals surface area contributed by atoms with Gasteiger partial charge in [-0.1, -0.05) is 17.7 Å². The van der Waals surface area contributed by atoms with Gasteiger partial charge in [0.15, 0.2) is 11.6 Å². The van der Waals surface area contributed by atoms with Crippen LogP contribution in [0.3, 0.4) is 0 Å². The lowest BCUT2D eigenvalue weighted by atomic mass is 9.99. The fraction of sp³-hybridized carbons (Fsp3) is 0.154. The van der Waals surface area contributed by atoms with Crippen LogP contribution in [-0.4, -0.2) is 12.0 Å². The molecule has 0 saturated carbocycles. The number of nitrogen functional groups attached to an aromatic ring is 1. The predicted molar refractivity (Wildman–Crippen MR) is 78.6 cm³/mol. The molecule has 2 rings (SSSR count). The Kier molecular flexibility index (Phi) is 4.57. The highest BCUT2D eigenvalue weighted by Crippen LogP contribution is 2.34. The molecule has 3 nitrogen and oxygen atoms in total. The first kappa shape index (κ1) is 15.2. The molecule has 20 heavy (non-hydrogen) atoms. The summed E-state index contributed by atoms with van der Waals surface area (Å²) in [5.41, 5.74) is 6.92. The van der Waals surface area contributed by atoms with Gasteiger partial charge in [0.25, 0.3) is 0 Å². The summed E-state index contributed by atoms with van der Waals surface area (Å²) in [7, 11) is 1.68. The van der Waals surface area contributed by atoms with Crippen LogP contribution in [0.25, 0.3) is 0 Å². The van der Waals surface area contributed by atoms with Crippen molar-refractivity contribution in [2.75, 3.05) is 12.8 Å². The van der Waals surface area contributed by atoms with Crippen LogP contribution in [0.4, 0.5) is 14.6 Å².